The molecule has 0 fully saturated rings. The minimum absolute atomic E-state index is 0.211. The first-order valence-electron chi connectivity index (χ1n) is 6.38. The summed E-state index contributed by atoms with van der Waals surface area (Å²) in [6, 6.07) is 12.3. The molecule has 4 nitrogen and oxygen atoms in total. The van der Waals surface area contributed by atoms with Crippen molar-refractivity contribution >= 4 is 5.78 Å². The average Bonchev–Trinajstić information content (AvgIpc) is 2.88. The normalized spacial score (nSPS) is 11.7. The number of hydrogen-bond donors (Lipinski definition) is 0. The molecule has 0 aliphatic rings. The lowest BCUT2D eigenvalue weighted by Gasteiger charge is -2.08. The van der Waals surface area contributed by atoms with Crippen molar-refractivity contribution in [2.24, 2.45) is 0 Å². The van der Waals surface area contributed by atoms with E-state index in [9.17, 15) is 10.1 Å². The van der Waals surface area contributed by atoms with Crippen LogP contribution in [0.1, 0.15) is 34.7 Å². The maximum atomic E-state index is 12.3. The lowest BCUT2D eigenvalue weighted by Crippen LogP contribution is -2.10. The number of carbonyl (C=O) groups excluding carboxylic acids is 1. The van der Waals surface area contributed by atoms with Crippen LogP contribution in [0.25, 0.3) is 0 Å². The fourth-order valence-electron chi connectivity index (χ4n) is 1.92. The molecule has 0 spiro atoms. The summed E-state index contributed by atoms with van der Waals surface area (Å²) in [5.74, 6) is 0.384. The molecule has 102 valence electrons. The van der Waals surface area contributed by atoms with Crippen molar-refractivity contribution in [3.8, 4) is 11.8 Å². The fourth-order valence-corrected chi connectivity index (χ4v) is 1.92. The molecule has 0 radical (unpaired) electrons. The van der Waals surface area contributed by atoms with Gasteiger partial charge >= 0.3 is 0 Å². The van der Waals surface area contributed by atoms with Crippen LogP contribution in [-0.2, 0) is 0 Å². The first kappa shape index (κ1) is 13.9. The van der Waals surface area contributed by atoms with Crippen LogP contribution in [0.3, 0.4) is 0 Å². The van der Waals surface area contributed by atoms with Crippen LogP contribution in [0.5, 0.6) is 5.75 Å². The molecule has 0 aliphatic carbocycles. The number of aryl methyl sites for hydroxylation is 1. The van der Waals surface area contributed by atoms with Gasteiger partial charge in [0.15, 0.2) is 5.76 Å². The minimum atomic E-state index is -0.865. The van der Waals surface area contributed by atoms with Gasteiger partial charge in [0.25, 0.3) is 0 Å². The molecule has 2 rings (SSSR count). The zero-order valence-electron chi connectivity index (χ0n) is 11.4. The molecule has 4 heteroatoms. The molecule has 1 aromatic carbocycles. The predicted molar refractivity (Wildman–Crippen MR) is 73.7 cm³/mol. The molecule has 1 unspecified atom stereocenters. The highest BCUT2D eigenvalue weighted by atomic mass is 16.5. The van der Waals surface area contributed by atoms with Crippen molar-refractivity contribution in [2.75, 3.05) is 6.61 Å². The molecule has 0 bridgehead atoms. The lowest BCUT2D eigenvalue weighted by molar-refractivity contribution is 0.0950. The van der Waals surface area contributed by atoms with Gasteiger partial charge in [0.1, 0.15) is 17.4 Å². The van der Waals surface area contributed by atoms with Crippen LogP contribution in [0.4, 0.5) is 0 Å². The Bertz CT molecular complexity index is 634. The molecule has 0 aliphatic heterocycles. The molecule has 20 heavy (non-hydrogen) atoms. The van der Waals surface area contributed by atoms with E-state index in [2.05, 4.69) is 0 Å². The second kappa shape index (κ2) is 6.07. The van der Waals surface area contributed by atoms with Gasteiger partial charge in [-0.05, 0) is 43.7 Å². The average molecular weight is 269 g/mol. The first-order chi connectivity index (χ1) is 9.65. The van der Waals surface area contributed by atoms with Gasteiger partial charge < -0.3 is 9.15 Å². The monoisotopic (exact) mass is 269 g/mol. The Morgan fingerprint density at radius 2 is 2.00 bits per heavy atom. The topological polar surface area (TPSA) is 63.2 Å². The van der Waals surface area contributed by atoms with E-state index in [1.165, 1.54) is 0 Å². The smallest absolute Gasteiger partial charge is 0.219 e. The van der Waals surface area contributed by atoms with E-state index < -0.39 is 5.92 Å². The molecule has 2 aromatic rings. The second-order valence-electron chi connectivity index (χ2n) is 4.34. The van der Waals surface area contributed by atoms with Crippen LogP contribution in [-0.4, -0.2) is 12.4 Å². The molecular weight excluding hydrogens is 254 g/mol. The third kappa shape index (κ3) is 2.89. The molecule has 0 saturated heterocycles. The molecule has 0 N–H and O–H groups in total. The van der Waals surface area contributed by atoms with E-state index in [0.717, 1.165) is 0 Å². The maximum absolute atomic E-state index is 12.3. The SMILES string of the molecule is CCOc1ccc(C(C#N)C(=O)c2ccc(C)o2)cc1. The molecule has 0 amide bonds. The Kier molecular flexibility index (Phi) is 4.21. The van der Waals surface area contributed by atoms with Crippen LogP contribution in [0.15, 0.2) is 40.8 Å². The number of nitrogens with zero attached hydrogens (tertiary/aromatic N) is 1. The second-order valence-corrected chi connectivity index (χ2v) is 4.34. The molecule has 1 aromatic heterocycles. The number of hydrogen-bond acceptors (Lipinski definition) is 4. The maximum Gasteiger partial charge on any atom is 0.219 e. The van der Waals surface area contributed by atoms with Crippen molar-refractivity contribution in [3.63, 3.8) is 0 Å². The predicted octanol–water partition coefficient (Wildman–Crippen LogP) is 3.48. The van der Waals surface area contributed by atoms with Crippen LogP contribution >= 0.6 is 0 Å². The van der Waals surface area contributed by atoms with E-state index in [0.29, 0.717) is 23.7 Å². The van der Waals surface area contributed by atoms with Gasteiger partial charge in [-0.15, -0.1) is 0 Å². The third-order valence-corrected chi connectivity index (χ3v) is 2.90. The number of Topliss-reactive ketones (excluding diaryl/α,β-unsaturated/α-hetero) is 1. The summed E-state index contributed by atoms with van der Waals surface area (Å²) in [6.45, 7) is 4.23. The first-order valence-corrected chi connectivity index (χ1v) is 6.38. The Morgan fingerprint density at radius 1 is 1.30 bits per heavy atom. The lowest BCUT2D eigenvalue weighted by atomic mass is 9.95. The standard InChI is InChI=1S/C16H15NO3/c1-3-19-13-7-5-12(6-8-13)14(10-17)16(18)15-9-4-11(2)20-15/h4-9,14H,3H2,1-2H3. The van der Waals surface area contributed by atoms with E-state index in [1.807, 2.05) is 13.0 Å². The van der Waals surface area contributed by atoms with Crippen LogP contribution in [0, 0.1) is 18.3 Å². The van der Waals surface area contributed by atoms with Gasteiger partial charge in [-0.25, -0.2) is 0 Å². The highest BCUT2D eigenvalue weighted by Gasteiger charge is 2.24. The van der Waals surface area contributed by atoms with Gasteiger partial charge in [0.05, 0.1) is 12.7 Å². The van der Waals surface area contributed by atoms with Crippen molar-refractivity contribution in [1.29, 1.82) is 5.26 Å². The Morgan fingerprint density at radius 3 is 2.50 bits per heavy atom. The van der Waals surface area contributed by atoms with Crippen LogP contribution in [0.2, 0.25) is 0 Å². The summed E-state index contributed by atoms with van der Waals surface area (Å²) in [6.07, 6.45) is 0. The number of furan rings is 1. The van der Waals surface area contributed by atoms with Crippen molar-refractivity contribution in [1.82, 2.24) is 0 Å². The van der Waals surface area contributed by atoms with E-state index in [1.54, 1.807) is 43.3 Å². The van der Waals surface area contributed by atoms with Crippen molar-refractivity contribution in [3.05, 3.63) is 53.5 Å². The van der Waals surface area contributed by atoms with Gasteiger partial charge in [-0.3, -0.25) is 4.79 Å². The molecule has 1 atom stereocenters. The zero-order chi connectivity index (χ0) is 14.5. The minimum Gasteiger partial charge on any atom is -0.494 e. The summed E-state index contributed by atoms with van der Waals surface area (Å²) in [5, 5.41) is 9.25. The summed E-state index contributed by atoms with van der Waals surface area (Å²) < 4.78 is 10.6. The Hall–Kier alpha value is -2.54. The van der Waals surface area contributed by atoms with Gasteiger partial charge in [-0.2, -0.15) is 5.26 Å². The largest absolute Gasteiger partial charge is 0.494 e. The fraction of sp³-hybridized carbons (Fsp3) is 0.250. The van der Waals surface area contributed by atoms with E-state index >= 15 is 0 Å². The summed E-state index contributed by atoms with van der Waals surface area (Å²) >= 11 is 0. The number of benzene rings is 1. The summed E-state index contributed by atoms with van der Waals surface area (Å²) in [4.78, 5) is 12.3. The van der Waals surface area contributed by atoms with Gasteiger partial charge in [-0.1, -0.05) is 12.1 Å². The molecular formula is C16H15NO3. The quantitative estimate of drug-likeness (QED) is 0.779. The molecule has 0 saturated carbocycles. The number of nitriles is 1. The highest BCUT2D eigenvalue weighted by Crippen LogP contribution is 2.23. The van der Waals surface area contributed by atoms with Gasteiger partial charge in [0, 0.05) is 0 Å². The number of ketones is 1. The van der Waals surface area contributed by atoms with Crippen LogP contribution < -0.4 is 4.74 Å². The summed E-state index contributed by atoms with van der Waals surface area (Å²) in [7, 11) is 0. The summed E-state index contributed by atoms with van der Waals surface area (Å²) in [5.41, 5.74) is 0.634. The Balaban J connectivity index is 2.24. The van der Waals surface area contributed by atoms with Crippen molar-refractivity contribution in [2.45, 2.75) is 19.8 Å². The zero-order valence-corrected chi connectivity index (χ0v) is 11.4. The molecule has 1 heterocycles. The third-order valence-electron chi connectivity index (χ3n) is 2.90. The number of ether oxygens (including phenoxy) is 1. The Labute approximate surface area is 117 Å². The number of carbonyl (C=O) groups is 1. The van der Waals surface area contributed by atoms with E-state index in [4.69, 9.17) is 9.15 Å². The number of rotatable bonds is 5. The van der Waals surface area contributed by atoms with E-state index in [-0.39, 0.29) is 11.5 Å². The highest BCUT2D eigenvalue weighted by molar-refractivity contribution is 6.00. The van der Waals surface area contributed by atoms with Crippen molar-refractivity contribution < 1.29 is 13.9 Å². The van der Waals surface area contributed by atoms with Gasteiger partial charge in [0.2, 0.25) is 5.78 Å².